The molecule has 1 aliphatic carbocycles. The van der Waals surface area contributed by atoms with E-state index >= 15 is 0 Å². The number of hydrogen-bond donors (Lipinski definition) is 1. The maximum atomic E-state index is 10.6. The summed E-state index contributed by atoms with van der Waals surface area (Å²) in [7, 11) is 0. The van der Waals surface area contributed by atoms with E-state index in [0.29, 0.717) is 5.92 Å². The van der Waals surface area contributed by atoms with Gasteiger partial charge in [0.1, 0.15) is 0 Å². The summed E-state index contributed by atoms with van der Waals surface area (Å²) in [6.45, 7) is 2.25. The van der Waals surface area contributed by atoms with E-state index in [1.807, 2.05) is 0 Å². The SMILES string of the molecule is CCCCCCCCCCCC1CC1C(=O)O. The lowest BCUT2D eigenvalue weighted by Gasteiger charge is -2.01. The summed E-state index contributed by atoms with van der Waals surface area (Å²) < 4.78 is 0. The summed E-state index contributed by atoms with van der Waals surface area (Å²) >= 11 is 0. The van der Waals surface area contributed by atoms with Crippen molar-refractivity contribution in [3.63, 3.8) is 0 Å². The van der Waals surface area contributed by atoms with Gasteiger partial charge in [-0.05, 0) is 18.8 Å². The normalized spacial score (nSPS) is 22.6. The Kier molecular flexibility index (Phi) is 7.30. The highest BCUT2D eigenvalue weighted by Crippen LogP contribution is 2.42. The van der Waals surface area contributed by atoms with Crippen LogP contribution in [0.4, 0.5) is 0 Å². The van der Waals surface area contributed by atoms with Crippen LogP contribution in [-0.4, -0.2) is 11.1 Å². The van der Waals surface area contributed by atoms with Crippen molar-refractivity contribution >= 4 is 5.97 Å². The van der Waals surface area contributed by atoms with Crippen molar-refractivity contribution in [2.24, 2.45) is 11.8 Å². The second-order valence-electron chi connectivity index (χ2n) is 5.56. The Balaban J connectivity index is 1.75. The molecular weight excluding hydrogens is 212 g/mol. The van der Waals surface area contributed by atoms with E-state index in [9.17, 15) is 4.79 Å². The zero-order chi connectivity index (χ0) is 12.5. The first-order valence-electron chi connectivity index (χ1n) is 7.48. The van der Waals surface area contributed by atoms with Gasteiger partial charge in [0.2, 0.25) is 0 Å². The molecule has 0 aromatic rings. The Morgan fingerprint density at radius 3 is 2.00 bits per heavy atom. The van der Waals surface area contributed by atoms with Crippen LogP contribution in [0.1, 0.15) is 77.6 Å². The lowest BCUT2D eigenvalue weighted by molar-refractivity contribution is -0.138. The van der Waals surface area contributed by atoms with Crippen molar-refractivity contribution in [3.05, 3.63) is 0 Å². The van der Waals surface area contributed by atoms with Crippen LogP contribution in [0.3, 0.4) is 0 Å². The molecule has 0 spiro atoms. The number of carboxylic acids is 1. The van der Waals surface area contributed by atoms with Crippen molar-refractivity contribution < 1.29 is 9.90 Å². The van der Waals surface area contributed by atoms with Gasteiger partial charge in [0, 0.05) is 0 Å². The van der Waals surface area contributed by atoms with E-state index in [-0.39, 0.29) is 5.92 Å². The summed E-state index contributed by atoms with van der Waals surface area (Å²) in [6.07, 6.45) is 14.2. The monoisotopic (exact) mass is 240 g/mol. The lowest BCUT2D eigenvalue weighted by atomic mass is 10.1. The fraction of sp³-hybridized carbons (Fsp3) is 0.933. The van der Waals surface area contributed by atoms with E-state index in [1.54, 1.807) is 0 Å². The van der Waals surface area contributed by atoms with Crippen LogP contribution in [0.25, 0.3) is 0 Å². The van der Waals surface area contributed by atoms with Gasteiger partial charge in [-0.25, -0.2) is 0 Å². The van der Waals surface area contributed by atoms with Crippen molar-refractivity contribution in [2.75, 3.05) is 0 Å². The zero-order valence-corrected chi connectivity index (χ0v) is 11.3. The molecule has 1 fully saturated rings. The molecule has 0 radical (unpaired) electrons. The molecule has 1 rings (SSSR count). The molecule has 0 aromatic carbocycles. The van der Waals surface area contributed by atoms with Gasteiger partial charge >= 0.3 is 5.97 Å². The second-order valence-corrected chi connectivity index (χ2v) is 5.56. The fourth-order valence-electron chi connectivity index (χ4n) is 2.59. The van der Waals surface area contributed by atoms with Crippen molar-refractivity contribution in [1.82, 2.24) is 0 Å². The predicted octanol–water partition coefficient (Wildman–Crippen LogP) is 4.63. The third kappa shape index (κ3) is 6.70. The zero-order valence-electron chi connectivity index (χ0n) is 11.3. The molecule has 1 aliphatic rings. The third-order valence-corrected chi connectivity index (χ3v) is 3.92. The first-order valence-corrected chi connectivity index (χ1v) is 7.48. The number of aliphatic carboxylic acids is 1. The van der Waals surface area contributed by atoms with Gasteiger partial charge in [-0.1, -0.05) is 64.7 Å². The number of carbonyl (C=O) groups is 1. The molecule has 0 saturated heterocycles. The Morgan fingerprint density at radius 1 is 1.00 bits per heavy atom. The third-order valence-electron chi connectivity index (χ3n) is 3.92. The summed E-state index contributed by atoms with van der Waals surface area (Å²) in [4.78, 5) is 10.6. The minimum absolute atomic E-state index is 0.00374. The summed E-state index contributed by atoms with van der Waals surface area (Å²) in [5.41, 5.74) is 0. The topological polar surface area (TPSA) is 37.3 Å². The standard InChI is InChI=1S/C15H28O2/c1-2-3-4-5-6-7-8-9-10-11-13-12-14(13)15(16)17/h13-14H,2-12H2,1H3,(H,16,17). The molecule has 2 unspecified atom stereocenters. The van der Waals surface area contributed by atoms with Crippen LogP contribution in [0.5, 0.6) is 0 Å². The van der Waals surface area contributed by atoms with Gasteiger partial charge in [-0.3, -0.25) is 4.79 Å². The highest BCUT2D eigenvalue weighted by molar-refractivity contribution is 5.73. The lowest BCUT2D eigenvalue weighted by Crippen LogP contribution is -1.99. The smallest absolute Gasteiger partial charge is 0.306 e. The van der Waals surface area contributed by atoms with Gasteiger partial charge in [-0.2, -0.15) is 0 Å². The summed E-state index contributed by atoms with van der Waals surface area (Å²) in [6, 6.07) is 0. The van der Waals surface area contributed by atoms with Crippen LogP contribution in [0, 0.1) is 11.8 Å². The van der Waals surface area contributed by atoms with Gasteiger partial charge in [0.15, 0.2) is 0 Å². The second kappa shape index (κ2) is 8.54. The highest BCUT2D eigenvalue weighted by atomic mass is 16.4. The molecule has 2 nitrogen and oxygen atoms in total. The van der Waals surface area contributed by atoms with Crippen LogP contribution < -0.4 is 0 Å². The van der Waals surface area contributed by atoms with Crippen molar-refractivity contribution in [3.8, 4) is 0 Å². The van der Waals surface area contributed by atoms with Gasteiger partial charge < -0.3 is 5.11 Å². The summed E-state index contributed by atoms with van der Waals surface area (Å²) in [5.74, 6) is -0.0629. The Labute approximate surface area is 106 Å². The van der Waals surface area contributed by atoms with Crippen LogP contribution in [-0.2, 0) is 4.79 Å². The van der Waals surface area contributed by atoms with E-state index in [1.165, 1.54) is 57.8 Å². The van der Waals surface area contributed by atoms with Gasteiger partial charge in [0.05, 0.1) is 5.92 Å². The number of hydrogen-bond acceptors (Lipinski definition) is 1. The number of unbranched alkanes of at least 4 members (excludes halogenated alkanes) is 8. The molecular formula is C15H28O2. The Morgan fingerprint density at radius 2 is 1.53 bits per heavy atom. The van der Waals surface area contributed by atoms with Crippen molar-refractivity contribution in [1.29, 1.82) is 0 Å². The van der Waals surface area contributed by atoms with Crippen molar-refractivity contribution in [2.45, 2.75) is 77.6 Å². The minimum atomic E-state index is -0.578. The molecule has 17 heavy (non-hydrogen) atoms. The molecule has 0 bridgehead atoms. The van der Waals surface area contributed by atoms with E-state index < -0.39 is 5.97 Å². The first kappa shape index (κ1) is 14.5. The maximum Gasteiger partial charge on any atom is 0.306 e. The average Bonchev–Trinajstić information content (AvgIpc) is 3.06. The van der Waals surface area contributed by atoms with Crippen LogP contribution >= 0.6 is 0 Å². The molecule has 0 aromatic heterocycles. The molecule has 1 saturated carbocycles. The number of carboxylic acid groups (broad SMARTS) is 1. The molecule has 0 heterocycles. The molecule has 0 amide bonds. The summed E-state index contributed by atoms with van der Waals surface area (Å²) in [5, 5.41) is 8.77. The van der Waals surface area contributed by atoms with E-state index in [2.05, 4.69) is 6.92 Å². The predicted molar refractivity (Wildman–Crippen MR) is 71.1 cm³/mol. The van der Waals surface area contributed by atoms with Crippen LogP contribution in [0.2, 0.25) is 0 Å². The largest absolute Gasteiger partial charge is 0.481 e. The highest BCUT2D eigenvalue weighted by Gasteiger charge is 2.42. The first-order chi connectivity index (χ1) is 8.25. The quantitative estimate of drug-likeness (QED) is 0.535. The minimum Gasteiger partial charge on any atom is -0.481 e. The van der Waals surface area contributed by atoms with Gasteiger partial charge in [-0.15, -0.1) is 0 Å². The van der Waals surface area contributed by atoms with Gasteiger partial charge in [0.25, 0.3) is 0 Å². The maximum absolute atomic E-state index is 10.6. The number of rotatable bonds is 11. The molecule has 2 heteroatoms. The molecule has 1 N–H and O–H groups in total. The van der Waals surface area contributed by atoms with E-state index in [0.717, 1.165) is 12.8 Å². The fourth-order valence-corrected chi connectivity index (χ4v) is 2.59. The molecule has 100 valence electrons. The van der Waals surface area contributed by atoms with Crippen LogP contribution in [0.15, 0.2) is 0 Å². The molecule has 0 aliphatic heterocycles. The average molecular weight is 240 g/mol. The Hall–Kier alpha value is -0.530. The molecule has 2 atom stereocenters. The Bertz CT molecular complexity index is 213. The van der Waals surface area contributed by atoms with E-state index in [4.69, 9.17) is 5.11 Å².